The fourth-order valence-corrected chi connectivity index (χ4v) is 3.18. The summed E-state index contributed by atoms with van der Waals surface area (Å²) in [6.07, 6.45) is 0. The summed E-state index contributed by atoms with van der Waals surface area (Å²) in [5.74, 6) is 1.76. The minimum absolute atomic E-state index is 0.0946. The molecule has 1 heterocycles. The smallest absolute Gasteiger partial charge is 0.263 e. The van der Waals surface area contributed by atoms with Crippen LogP contribution in [0, 0.1) is 6.92 Å². The van der Waals surface area contributed by atoms with Crippen LogP contribution >= 0.6 is 0 Å². The number of methoxy groups -OCH3 is 1. The van der Waals surface area contributed by atoms with Crippen LogP contribution in [0.1, 0.15) is 5.56 Å². The molecule has 3 aromatic carbocycles. The molecule has 4 aromatic rings. The van der Waals surface area contributed by atoms with Crippen LogP contribution in [-0.2, 0) is 4.79 Å². The summed E-state index contributed by atoms with van der Waals surface area (Å²) in [5.41, 5.74) is 3.48. The molecule has 0 spiro atoms. The van der Waals surface area contributed by atoms with Gasteiger partial charge in [0.1, 0.15) is 17.3 Å². The first-order valence-electron chi connectivity index (χ1n) is 9.92. The number of carbonyl (C=O) groups excluding carboxylic acids is 1. The first-order chi connectivity index (χ1) is 15.1. The van der Waals surface area contributed by atoms with Gasteiger partial charge in [-0.1, -0.05) is 36.4 Å². The lowest BCUT2D eigenvalue weighted by Gasteiger charge is -2.11. The predicted molar refractivity (Wildman–Crippen MR) is 121 cm³/mol. The van der Waals surface area contributed by atoms with Gasteiger partial charge in [0, 0.05) is 11.6 Å². The second-order valence-corrected chi connectivity index (χ2v) is 6.99. The molecule has 31 heavy (non-hydrogen) atoms. The van der Waals surface area contributed by atoms with Gasteiger partial charge in [-0.3, -0.25) is 4.79 Å². The standard InChI is InChI=1S/C25H23N3O3/c1-18-8-6-7-11-23(18)31-17-25(29)26-24-16-22(19-12-14-21(30-2)15-13-19)27-28(24)20-9-4-3-5-10-20/h3-16H,17H2,1-2H3,(H,26,29). The summed E-state index contributed by atoms with van der Waals surface area (Å²) in [4.78, 5) is 12.6. The van der Waals surface area contributed by atoms with Crippen molar-refractivity contribution in [1.29, 1.82) is 0 Å². The summed E-state index contributed by atoms with van der Waals surface area (Å²) in [5, 5.41) is 7.64. The molecule has 1 amide bonds. The van der Waals surface area contributed by atoms with E-state index in [-0.39, 0.29) is 12.5 Å². The number of nitrogens with zero attached hydrogens (tertiary/aromatic N) is 2. The molecule has 0 aliphatic rings. The van der Waals surface area contributed by atoms with E-state index in [0.29, 0.717) is 11.6 Å². The first kappa shape index (κ1) is 20.2. The average molecular weight is 413 g/mol. The molecule has 0 bridgehead atoms. The molecule has 1 aromatic heterocycles. The number of aromatic nitrogens is 2. The van der Waals surface area contributed by atoms with Crippen molar-refractivity contribution in [2.45, 2.75) is 6.92 Å². The summed E-state index contributed by atoms with van der Waals surface area (Å²) in [6.45, 7) is 1.85. The zero-order chi connectivity index (χ0) is 21.6. The van der Waals surface area contributed by atoms with Crippen LogP contribution in [0.5, 0.6) is 11.5 Å². The fraction of sp³-hybridized carbons (Fsp3) is 0.120. The number of para-hydroxylation sites is 2. The Morgan fingerprint density at radius 2 is 1.68 bits per heavy atom. The Balaban J connectivity index is 1.58. The monoisotopic (exact) mass is 413 g/mol. The molecule has 0 atom stereocenters. The minimum Gasteiger partial charge on any atom is -0.497 e. The number of amides is 1. The summed E-state index contributed by atoms with van der Waals surface area (Å²) in [7, 11) is 1.63. The van der Waals surface area contributed by atoms with Crippen LogP contribution < -0.4 is 14.8 Å². The molecule has 0 radical (unpaired) electrons. The highest BCUT2D eigenvalue weighted by molar-refractivity contribution is 5.92. The molecule has 6 heteroatoms. The van der Waals surface area contributed by atoms with Crippen LogP contribution in [0.3, 0.4) is 0 Å². The summed E-state index contributed by atoms with van der Waals surface area (Å²) >= 11 is 0. The SMILES string of the molecule is COc1ccc(-c2cc(NC(=O)COc3ccccc3C)n(-c3ccccc3)n2)cc1. The highest BCUT2D eigenvalue weighted by Gasteiger charge is 2.14. The number of benzene rings is 3. The lowest BCUT2D eigenvalue weighted by Crippen LogP contribution is -2.22. The van der Waals surface area contributed by atoms with Gasteiger partial charge in [0.2, 0.25) is 0 Å². The van der Waals surface area contributed by atoms with Crippen molar-refractivity contribution in [3.05, 3.63) is 90.5 Å². The van der Waals surface area contributed by atoms with Gasteiger partial charge >= 0.3 is 0 Å². The number of ether oxygens (including phenoxy) is 2. The topological polar surface area (TPSA) is 65.4 Å². The number of rotatable bonds is 7. The van der Waals surface area contributed by atoms with Gasteiger partial charge < -0.3 is 14.8 Å². The molecule has 0 fully saturated rings. The maximum absolute atomic E-state index is 12.6. The third-order valence-corrected chi connectivity index (χ3v) is 4.82. The van der Waals surface area contributed by atoms with Crippen LogP contribution in [0.15, 0.2) is 84.9 Å². The zero-order valence-electron chi connectivity index (χ0n) is 17.4. The predicted octanol–water partition coefficient (Wildman–Crippen LogP) is 4.87. The van der Waals surface area contributed by atoms with Gasteiger partial charge in [-0.25, -0.2) is 4.68 Å². The Hall–Kier alpha value is -4.06. The van der Waals surface area contributed by atoms with Gasteiger partial charge in [-0.05, 0) is 55.0 Å². The van der Waals surface area contributed by atoms with Crippen LogP contribution in [0.25, 0.3) is 16.9 Å². The maximum atomic E-state index is 12.6. The second-order valence-electron chi connectivity index (χ2n) is 6.99. The molecule has 0 saturated carbocycles. The third kappa shape index (κ3) is 4.75. The first-order valence-corrected chi connectivity index (χ1v) is 9.92. The highest BCUT2D eigenvalue weighted by atomic mass is 16.5. The lowest BCUT2D eigenvalue weighted by molar-refractivity contribution is -0.118. The Morgan fingerprint density at radius 1 is 0.968 bits per heavy atom. The number of hydrogen-bond acceptors (Lipinski definition) is 4. The summed E-state index contributed by atoms with van der Waals surface area (Å²) in [6, 6.07) is 26.7. The minimum atomic E-state index is -0.262. The van der Waals surface area contributed by atoms with Crippen LogP contribution in [-0.4, -0.2) is 29.4 Å². The quantitative estimate of drug-likeness (QED) is 0.469. The van der Waals surface area contributed by atoms with Crippen LogP contribution in [0.2, 0.25) is 0 Å². The fourth-order valence-electron chi connectivity index (χ4n) is 3.18. The zero-order valence-corrected chi connectivity index (χ0v) is 17.4. The molecule has 4 rings (SSSR count). The van der Waals surface area contributed by atoms with Gasteiger partial charge in [-0.2, -0.15) is 5.10 Å². The van der Waals surface area contributed by atoms with Gasteiger partial charge in [-0.15, -0.1) is 0 Å². The molecular formula is C25H23N3O3. The average Bonchev–Trinajstić information content (AvgIpc) is 3.23. The number of anilines is 1. The van der Waals surface area contributed by atoms with E-state index in [1.54, 1.807) is 11.8 Å². The van der Waals surface area contributed by atoms with Crippen LogP contribution in [0.4, 0.5) is 5.82 Å². The molecule has 6 nitrogen and oxygen atoms in total. The maximum Gasteiger partial charge on any atom is 0.263 e. The number of carbonyl (C=O) groups is 1. The Morgan fingerprint density at radius 3 is 2.39 bits per heavy atom. The molecule has 156 valence electrons. The Labute approximate surface area is 181 Å². The van der Waals surface area contributed by atoms with Gasteiger partial charge in [0.15, 0.2) is 6.61 Å². The molecular weight excluding hydrogens is 390 g/mol. The van der Waals surface area contributed by atoms with E-state index in [2.05, 4.69) is 5.32 Å². The second kappa shape index (κ2) is 9.17. The molecule has 0 unspecified atom stereocenters. The highest BCUT2D eigenvalue weighted by Crippen LogP contribution is 2.26. The van der Waals surface area contributed by atoms with Gasteiger partial charge in [0.25, 0.3) is 5.91 Å². The molecule has 0 saturated heterocycles. The lowest BCUT2D eigenvalue weighted by atomic mass is 10.1. The van der Waals surface area contributed by atoms with E-state index in [1.165, 1.54) is 0 Å². The van der Waals surface area contributed by atoms with E-state index in [4.69, 9.17) is 14.6 Å². The van der Waals surface area contributed by atoms with Crippen molar-refractivity contribution in [1.82, 2.24) is 9.78 Å². The number of aryl methyl sites for hydroxylation is 1. The largest absolute Gasteiger partial charge is 0.497 e. The Bertz CT molecular complexity index is 1170. The van der Waals surface area contributed by atoms with Crippen molar-refractivity contribution in [2.24, 2.45) is 0 Å². The van der Waals surface area contributed by atoms with Crippen molar-refractivity contribution < 1.29 is 14.3 Å². The van der Waals surface area contributed by atoms with Gasteiger partial charge in [0.05, 0.1) is 18.5 Å². The number of nitrogens with one attached hydrogen (secondary N) is 1. The van der Waals surface area contributed by atoms with E-state index >= 15 is 0 Å². The normalized spacial score (nSPS) is 10.5. The van der Waals surface area contributed by atoms with E-state index in [0.717, 1.165) is 28.3 Å². The Kier molecular flexibility index (Phi) is 5.98. The van der Waals surface area contributed by atoms with Crippen molar-refractivity contribution in [2.75, 3.05) is 19.0 Å². The van der Waals surface area contributed by atoms with E-state index in [9.17, 15) is 4.79 Å². The van der Waals surface area contributed by atoms with Crippen molar-refractivity contribution >= 4 is 11.7 Å². The van der Waals surface area contributed by atoms with E-state index in [1.807, 2.05) is 91.9 Å². The number of hydrogen-bond donors (Lipinski definition) is 1. The third-order valence-electron chi connectivity index (χ3n) is 4.82. The summed E-state index contributed by atoms with van der Waals surface area (Å²) < 4.78 is 12.6. The van der Waals surface area contributed by atoms with E-state index < -0.39 is 0 Å². The molecule has 0 aliphatic carbocycles. The van der Waals surface area contributed by atoms with Crippen molar-refractivity contribution in [3.8, 4) is 28.4 Å². The molecule has 0 aliphatic heterocycles. The van der Waals surface area contributed by atoms with Crippen molar-refractivity contribution in [3.63, 3.8) is 0 Å². The molecule has 1 N–H and O–H groups in total.